The molecule has 0 aromatic carbocycles. The predicted octanol–water partition coefficient (Wildman–Crippen LogP) is 0.389. The molecule has 0 saturated carbocycles. The lowest BCUT2D eigenvalue weighted by atomic mass is 10.1. The van der Waals surface area contributed by atoms with Crippen molar-refractivity contribution in [3.63, 3.8) is 0 Å². The summed E-state index contributed by atoms with van der Waals surface area (Å²) >= 11 is 0. The van der Waals surface area contributed by atoms with E-state index in [-0.39, 0.29) is 5.75 Å². The van der Waals surface area contributed by atoms with Gasteiger partial charge >= 0.3 is 0 Å². The number of amidine groups is 1. The maximum atomic E-state index is 11.4. The molecule has 0 spiro atoms. The number of sulfonamides is 1. The molecule has 0 aliphatic carbocycles. The molecular weight excluding hydrogens is 214 g/mol. The van der Waals surface area contributed by atoms with Crippen molar-refractivity contribution < 1.29 is 8.42 Å². The van der Waals surface area contributed by atoms with E-state index in [0.29, 0.717) is 18.9 Å². The summed E-state index contributed by atoms with van der Waals surface area (Å²) in [5.74, 6) is 0.663. The molecule has 15 heavy (non-hydrogen) atoms. The number of hydrogen-bond donors (Lipinski definition) is 2. The average molecular weight is 233 g/mol. The third kappa shape index (κ3) is 4.17. The van der Waals surface area contributed by atoms with Crippen molar-refractivity contribution in [2.45, 2.75) is 26.2 Å². The Hall–Kier alpha value is -0.620. The lowest BCUT2D eigenvalue weighted by molar-refractivity contribution is 0.383. The van der Waals surface area contributed by atoms with Crippen LogP contribution in [0, 0.1) is 5.41 Å². The first kappa shape index (κ1) is 12.4. The minimum absolute atomic E-state index is 0.0865. The zero-order valence-corrected chi connectivity index (χ0v) is 9.94. The van der Waals surface area contributed by atoms with Crippen molar-refractivity contribution in [2.75, 3.05) is 25.4 Å². The second-order valence-corrected chi connectivity index (χ2v) is 5.63. The maximum Gasteiger partial charge on any atom is 0.213 e. The Kier molecular flexibility index (Phi) is 4.53. The fourth-order valence-electron chi connectivity index (χ4n) is 1.66. The molecule has 0 atom stereocenters. The second-order valence-electron chi connectivity index (χ2n) is 3.71. The molecule has 6 heteroatoms. The normalized spacial score (nSPS) is 18.2. The van der Waals surface area contributed by atoms with Crippen LogP contribution in [0.25, 0.3) is 0 Å². The second kappa shape index (κ2) is 5.46. The molecule has 0 aromatic rings. The summed E-state index contributed by atoms with van der Waals surface area (Å²) in [5, 5.41) is 7.67. The zero-order valence-electron chi connectivity index (χ0n) is 9.12. The number of piperidine rings is 1. The van der Waals surface area contributed by atoms with E-state index in [4.69, 9.17) is 5.41 Å². The van der Waals surface area contributed by atoms with Crippen LogP contribution in [-0.2, 0) is 10.0 Å². The van der Waals surface area contributed by atoms with Gasteiger partial charge < -0.3 is 4.90 Å². The Balaban J connectivity index is 2.38. The molecule has 5 nitrogen and oxygen atoms in total. The first-order chi connectivity index (χ1) is 7.05. The molecule has 0 radical (unpaired) electrons. The van der Waals surface area contributed by atoms with Gasteiger partial charge in [0.1, 0.15) is 0 Å². The van der Waals surface area contributed by atoms with E-state index in [1.54, 1.807) is 6.92 Å². The highest BCUT2D eigenvalue weighted by atomic mass is 32.2. The van der Waals surface area contributed by atoms with Crippen molar-refractivity contribution in [3.05, 3.63) is 0 Å². The fraction of sp³-hybridized carbons (Fsp3) is 0.889. The Morgan fingerprint density at radius 2 is 2.20 bits per heavy atom. The molecular formula is C9H19N3O2S. The number of rotatable bonds is 5. The van der Waals surface area contributed by atoms with E-state index in [1.807, 2.05) is 4.90 Å². The van der Waals surface area contributed by atoms with E-state index < -0.39 is 10.0 Å². The van der Waals surface area contributed by atoms with Crippen molar-refractivity contribution >= 4 is 15.9 Å². The smallest absolute Gasteiger partial charge is 0.213 e. The summed E-state index contributed by atoms with van der Waals surface area (Å²) in [5.41, 5.74) is 0. The molecule has 1 saturated heterocycles. The molecule has 88 valence electrons. The van der Waals surface area contributed by atoms with Crippen molar-refractivity contribution in [2.24, 2.45) is 0 Å². The summed E-state index contributed by atoms with van der Waals surface area (Å²) in [6.45, 7) is 3.45. The summed E-state index contributed by atoms with van der Waals surface area (Å²) in [6, 6.07) is 0. The Morgan fingerprint density at radius 3 is 2.80 bits per heavy atom. The van der Waals surface area contributed by atoms with Gasteiger partial charge in [0.05, 0.1) is 11.6 Å². The van der Waals surface area contributed by atoms with Crippen molar-refractivity contribution in [3.8, 4) is 0 Å². The molecule has 1 rings (SSSR count). The van der Waals surface area contributed by atoms with Gasteiger partial charge in [-0.15, -0.1) is 0 Å². The van der Waals surface area contributed by atoms with E-state index in [9.17, 15) is 8.42 Å². The summed E-state index contributed by atoms with van der Waals surface area (Å²) < 4.78 is 25.2. The zero-order chi connectivity index (χ0) is 11.3. The van der Waals surface area contributed by atoms with Crippen LogP contribution in [0.2, 0.25) is 0 Å². The van der Waals surface area contributed by atoms with Gasteiger partial charge in [-0.25, -0.2) is 13.1 Å². The van der Waals surface area contributed by atoms with Gasteiger partial charge in [0.15, 0.2) is 0 Å². The van der Waals surface area contributed by atoms with Gasteiger partial charge in [-0.1, -0.05) is 6.92 Å². The molecule has 2 N–H and O–H groups in total. The minimum Gasteiger partial charge on any atom is -0.359 e. The molecule has 0 unspecified atom stereocenters. The fourth-order valence-corrected chi connectivity index (χ4v) is 2.70. The van der Waals surface area contributed by atoms with E-state index in [0.717, 1.165) is 25.8 Å². The number of hydrogen-bond acceptors (Lipinski definition) is 3. The van der Waals surface area contributed by atoms with Crippen LogP contribution >= 0.6 is 0 Å². The number of nitrogens with zero attached hydrogens (tertiary/aromatic N) is 1. The van der Waals surface area contributed by atoms with Gasteiger partial charge in [0.2, 0.25) is 10.0 Å². The molecule has 0 aromatic heterocycles. The Labute approximate surface area is 91.4 Å². The molecule has 1 aliphatic rings. The molecule has 1 aliphatic heterocycles. The van der Waals surface area contributed by atoms with Gasteiger partial charge in [0, 0.05) is 26.1 Å². The first-order valence-corrected chi connectivity index (χ1v) is 7.00. The average Bonchev–Trinajstić information content (AvgIpc) is 2.16. The van der Waals surface area contributed by atoms with Crippen LogP contribution in [0.4, 0.5) is 0 Å². The topological polar surface area (TPSA) is 73.3 Å². The van der Waals surface area contributed by atoms with Gasteiger partial charge in [-0.05, 0) is 12.8 Å². The van der Waals surface area contributed by atoms with Crippen LogP contribution in [0.3, 0.4) is 0 Å². The van der Waals surface area contributed by atoms with Crippen molar-refractivity contribution in [1.82, 2.24) is 9.62 Å². The lowest BCUT2D eigenvalue weighted by Gasteiger charge is -2.29. The minimum atomic E-state index is -3.14. The Morgan fingerprint density at radius 1 is 1.47 bits per heavy atom. The first-order valence-electron chi connectivity index (χ1n) is 5.35. The molecule has 1 fully saturated rings. The van der Waals surface area contributed by atoms with E-state index in [2.05, 4.69) is 4.72 Å². The van der Waals surface area contributed by atoms with Crippen molar-refractivity contribution in [1.29, 1.82) is 5.41 Å². The maximum absolute atomic E-state index is 11.4. The number of likely N-dealkylation sites (tertiary alicyclic amines) is 1. The highest BCUT2D eigenvalue weighted by Gasteiger charge is 2.17. The largest absolute Gasteiger partial charge is 0.359 e. The standard InChI is InChI=1S/C9H19N3O2S/c1-2-11-15(13,14)8-7-12-6-4-3-5-9(12)10/h10-11H,2-8H2,1H3. The molecule has 1 heterocycles. The number of nitrogens with one attached hydrogen (secondary N) is 2. The Bertz CT molecular complexity index is 313. The summed E-state index contributed by atoms with van der Waals surface area (Å²) in [6.07, 6.45) is 2.89. The monoisotopic (exact) mass is 233 g/mol. The summed E-state index contributed by atoms with van der Waals surface area (Å²) in [4.78, 5) is 1.86. The third-order valence-corrected chi connectivity index (χ3v) is 3.92. The molecule has 0 bridgehead atoms. The van der Waals surface area contributed by atoms with Crippen LogP contribution < -0.4 is 4.72 Å². The lowest BCUT2D eigenvalue weighted by Crippen LogP contribution is -2.40. The highest BCUT2D eigenvalue weighted by Crippen LogP contribution is 2.10. The summed E-state index contributed by atoms with van der Waals surface area (Å²) in [7, 11) is -3.14. The third-order valence-electron chi connectivity index (χ3n) is 2.47. The van der Waals surface area contributed by atoms with Crippen LogP contribution in [0.5, 0.6) is 0 Å². The van der Waals surface area contributed by atoms with E-state index >= 15 is 0 Å². The van der Waals surface area contributed by atoms with Gasteiger partial charge in [-0.2, -0.15) is 0 Å². The van der Waals surface area contributed by atoms with Crippen LogP contribution in [0.15, 0.2) is 0 Å². The predicted molar refractivity (Wildman–Crippen MR) is 60.6 cm³/mol. The van der Waals surface area contributed by atoms with Crippen LogP contribution in [-0.4, -0.2) is 44.5 Å². The van der Waals surface area contributed by atoms with Crippen LogP contribution in [0.1, 0.15) is 26.2 Å². The van der Waals surface area contributed by atoms with Gasteiger partial charge in [-0.3, -0.25) is 5.41 Å². The quantitative estimate of drug-likeness (QED) is 0.721. The van der Waals surface area contributed by atoms with E-state index in [1.165, 1.54) is 0 Å². The van der Waals surface area contributed by atoms with Gasteiger partial charge in [0.25, 0.3) is 0 Å². The highest BCUT2D eigenvalue weighted by molar-refractivity contribution is 7.89. The SMILES string of the molecule is CCNS(=O)(=O)CCN1CCCCC1=N. The molecule has 0 amide bonds.